The van der Waals surface area contributed by atoms with Crippen molar-refractivity contribution < 1.29 is 5.21 Å². The first-order valence-corrected chi connectivity index (χ1v) is 11.0. The molecule has 1 heterocycles. The topological polar surface area (TPSA) is 65.4 Å². The van der Waals surface area contributed by atoms with Crippen molar-refractivity contribution in [1.29, 1.82) is 0 Å². The Kier molecular flexibility index (Phi) is 10.5. The van der Waals surface area contributed by atoms with Crippen molar-refractivity contribution in [3.8, 4) is 23.6 Å². The number of rotatable bonds is 13. The predicted octanol–water partition coefficient (Wildman–Crippen LogP) is 3.97. The van der Waals surface area contributed by atoms with Gasteiger partial charge in [0.2, 0.25) is 0 Å². The number of hydrogen-bond acceptors (Lipinski definition) is 5. The second kappa shape index (κ2) is 13.3. The average molecular weight is 434 g/mol. The summed E-state index contributed by atoms with van der Waals surface area (Å²) < 4.78 is 2.10. The first-order chi connectivity index (χ1) is 15.5. The van der Waals surface area contributed by atoms with Gasteiger partial charge in [-0.3, -0.25) is 10.7 Å². The van der Waals surface area contributed by atoms with Crippen LogP contribution in [0.1, 0.15) is 31.8 Å². The third-order valence-electron chi connectivity index (χ3n) is 5.38. The lowest BCUT2D eigenvalue weighted by atomic mass is 10.1. The van der Waals surface area contributed by atoms with Crippen LogP contribution >= 0.6 is 0 Å². The second-order valence-corrected chi connectivity index (χ2v) is 7.45. The summed E-state index contributed by atoms with van der Waals surface area (Å²) in [5.41, 5.74) is 6.36. The first-order valence-electron chi connectivity index (χ1n) is 11.0. The number of nitrogens with one attached hydrogen (secondary N) is 2. The van der Waals surface area contributed by atoms with Crippen LogP contribution in [-0.4, -0.2) is 45.8 Å². The maximum absolute atomic E-state index is 8.84. The van der Waals surface area contributed by atoms with Crippen molar-refractivity contribution in [2.45, 2.75) is 26.8 Å². The lowest BCUT2D eigenvalue weighted by molar-refractivity contribution is 0.205. The Labute approximate surface area is 192 Å². The molecule has 3 N–H and O–H groups in total. The molecule has 0 aliphatic carbocycles. The number of nitrogens with zero attached hydrogens (tertiary/aromatic N) is 3. The minimum atomic E-state index is 0.405. The number of terminal acetylenes is 1. The molecule has 32 heavy (non-hydrogen) atoms. The number of likely N-dealkylation sites (N-methyl/N-ethyl adjacent to an activating group) is 1. The number of aromatic nitrogens is 2. The average Bonchev–Trinajstić information content (AvgIpc) is 3.13. The van der Waals surface area contributed by atoms with Gasteiger partial charge in [0, 0.05) is 37.8 Å². The van der Waals surface area contributed by atoms with Crippen molar-refractivity contribution in [3.63, 3.8) is 0 Å². The number of hydroxylamine groups is 1. The molecule has 1 aromatic heterocycles. The molecule has 6 nitrogen and oxygen atoms in total. The van der Waals surface area contributed by atoms with Gasteiger partial charge >= 0.3 is 0 Å². The Balaban J connectivity index is 2.27. The van der Waals surface area contributed by atoms with Crippen LogP contribution in [0.25, 0.3) is 17.3 Å². The fourth-order valence-corrected chi connectivity index (χ4v) is 3.37. The number of hydrogen-bond donors (Lipinski definition) is 3. The highest BCUT2D eigenvalue weighted by Crippen LogP contribution is 2.25. The molecular weight excluding hydrogens is 398 g/mol. The quantitative estimate of drug-likeness (QED) is 0.193. The maximum Gasteiger partial charge on any atom is 0.134 e. The molecular formula is C26H35N5O. The highest BCUT2D eigenvalue weighted by atomic mass is 16.5. The van der Waals surface area contributed by atoms with Crippen molar-refractivity contribution in [2.75, 3.05) is 26.2 Å². The van der Waals surface area contributed by atoms with Crippen molar-refractivity contribution in [1.82, 2.24) is 25.2 Å². The molecule has 0 unspecified atom stereocenters. The monoisotopic (exact) mass is 433 g/mol. The Morgan fingerprint density at radius 1 is 1.28 bits per heavy atom. The molecule has 6 heteroatoms. The summed E-state index contributed by atoms with van der Waals surface area (Å²) in [7, 11) is 2.02. The van der Waals surface area contributed by atoms with E-state index in [1.54, 1.807) is 6.08 Å². The SMILES string of the molecule is C#C/C(=C\c1nc(-c2ccccc2)c(CNCCN(CC)CC)n1C)C/C=C/C(=C)NO. The summed E-state index contributed by atoms with van der Waals surface area (Å²) in [4.78, 5) is 7.32. The Bertz CT molecular complexity index is 962. The van der Waals surface area contributed by atoms with E-state index in [0.717, 1.165) is 61.1 Å². The van der Waals surface area contributed by atoms with Gasteiger partial charge in [0.05, 0.1) is 17.1 Å². The van der Waals surface area contributed by atoms with E-state index in [2.05, 4.69) is 53.3 Å². The van der Waals surface area contributed by atoms with Crippen molar-refractivity contribution >= 4 is 6.08 Å². The fourth-order valence-electron chi connectivity index (χ4n) is 3.37. The third kappa shape index (κ3) is 7.24. The summed E-state index contributed by atoms with van der Waals surface area (Å²) in [6, 6.07) is 10.2. The molecule has 170 valence electrons. The minimum absolute atomic E-state index is 0.405. The normalized spacial score (nSPS) is 11.8. The van der Waals surface area contributed by atoms with Crippen LogP contribution in [0.3, 0.4) is 0 Å². The van der Waals surface area contributed by atoms with Crippen LogP contribution in [0, 0.1) is 12.3 Å². The van der Waals surface area contributed by atoms with E-state index in [-0.39, 0.29) is 0 Å². The van der Waals surface area contributed by atoms with Crippen molar-refractivity contribution in [2.24, 2.45) is 7.05 Å². The lowest BCUT2D eigenvalue weighted by Crippen LogP contribution is -2.32. The highest BCUT2D eigenvalue weighted by Gasteiger charge is 2.15. The Hall–Kier alpha value is -3.11. The maximum atomic E-state index is 8.84. The van der Waals surface area contributed by atoms with E-state index < -0.39 is 0 Å². The molecule has 0 radical (unpaired) electrons. The van der Waals surface area contributed by atoms with Crippen LogP contribution in [0.5, 0.6) is 0 Å². The molecule has 0 amide bonds. The van der Waals surface area contributed by atoms with E-state index in [1.807, 2.05) is 42.9 Å². The molecule has 0 saturated heterocycles. The predicted molar refractivity (Wildman–Crippen MR) is 133 cm³/mol. The van der Waals surface area contributed by atoms with Crippen LogP contribution in [-0.2, 0) is 13.6 Å². The zero-order valence-electron chi connectivity index (χ0n) is 19.4. The van der Waals surface area contributed by atoms with Gasteiger partial charge in [-0.25, -0.2) is 4.98 Å². The Morgan fingerprint density at radius 3 is 2.62 bits per heavy atom. The molecule has 0 aliphatic rings. The van der Waals surface area contributed by atoms with Gasteiger partial charge < -0.3 is 14.8 Å². The summed E-state index contributed by atoms with van der Waals surface area (Å²) >= 11 is 0. The third-order valence-corrected chi connectivity index (χ3v) is 5.38. The zero-order valence-corrected chi connectivity index (χ0v) is 19.4. The van der Waals surface area contributed by atoms with E-state index >= 15 is 0 Å². The molecule has 0 spiro atoms. The summed E-state index contributed by atoms with van der Waals surface area (Å²) in [6.45, 7) is 12.8. The smallest absolute Gasteiger partial charge is 0.134 e. The van der Waals surface area contributed by atoms with E-state index in [4.69, 9.17) is 16.6 Å². The van der Waals surface area contributed by atoms with Gasteiger partial charge in [0.15, 0.2) is 0 Å². The van der Waals surface area contributed by atoms with Crippen LogP contribution in [0.2, 0.25) is 0 Å². The first kappa shape index (κ1) is 25.2. The van der Waals surface area contributed by atoms with E-state index in [9.17, 15) is 0 Å². The number of benzene rings is 1. The zero-order chi connectivity index (χ0) is 23.3. The molecule has 0 saturated carbocycles. The van der Waals surface area contributed by atoms with Gasteiger partial charge in [-0.05, 0) is 31.7 Å². The van der Waals surface area contributed by atoms with E-state index in [0.29, 0.717) is 12.1 Å². The number of imidazole rings is 1. The van der Waals surface area contributed by atoms with Gasteiger partial charge in [-0.15, -0.1) is 6.42 Å². The van der Waals surface area contributed by atoms with Crippen LogP contribution in [0.15, 0.2) is 60.3 Å². The molecule has 2 aromatic rings. The fraction of sp³-hybridized carbons (Fsp3) is 0.346. The molecule has 0 fully saturated rings. The molecule has 0 bridgehead atoms. The molecule has 0 aliphatic heterocycles. The lowest BCUT2D eigenvalue weighted by Gasteiger charge is -2.18. The van der Waals surface area contributed by atoms with Gasteiger partial charge in [-0.1, -0.05) is 62.8 Å². The molecule has 0 atom stereocenters. The van der Waals surface area contributed by atoms with Crippen LogP contribution < -0.4 is 10.8 Å². The molecule has 1 aromatic carbocycles. The number of allylic oxidation sites excluding steroid dienone is 3. The summed E-state index contributed by atoms with van der Waals surface area (Å²) in [6.07, 6.45) is 11.8. The van der Waals surface area contributed by atoms with Gasteiger partial charge in [-0.2, -0.15) is 0 Å². The standard InChI is InChI=1S/C26H35N5O/c1-6-22(14-12-13-21(4)29-32)19-25-28-26(23-15-10-9-11-16-23)24(30(25)5)20-27-17-18-31(7-2)8-3/h1,9-13,15-16,19,27,29,32H,4,7-8,14,17-18,20H2,2-3,5H3/b13-12+,22-19+. The highest BCUT2D eigenvalue weighted by molar-refractivity contribution is 5.65. The van der Waals surface area contributed by atoms with Crippen molar-refractivity contribution in [3.05, 3.63) is 71.9 Å². The molecule has 2 rings (SSSR count). The largest absolute Gasteiger partial charge is 0.330 e. The van der Waals surface area contributed by atoms with Gasteiger partial charge in [0.1, 0.15) is 5.82 Å². The second-order valence-electron chi connectivity index (χ2n) is 7.45. The van der Waals surface area contributed by atoms with Gasteiger partial charge in [0.25, 0.3) is 0 Å². The van der Waals surface area contributed by atoms with E-state index in [1.165, 1.54) is 0 Å². The minimum Gasteiger partial charge on any atom is -0.330 e. The van der Waals surface area contributed by atoms with Crippen LogP contribution in [0.4, 0.5) is 0 Å². The Morgan fingerprint density at radius 2 is 2.00 bits per heavy atom. The summed E-state index contributed by atoms with van der Waals surface area (Å²) in [5.74, 6) is 3.55. The summed E-state index contributed by atoms with van der Waals surface area (Å²) in [5, 5.41) is 12.4.